The largest absolute Gasteiger partial charge is 0.416 e. The molecule has 0 aromatic heterocycles. The van der Waals surface area contributed by atoms with E-state index in [0.29, 0.717) is 37.5 Å². The van der Waals surface area contributed by atoms with Gasteiger partial charge in [-0.1, -0.05) is 23.7 Å². The summed E-state index contributed by atoms with van der Waals surface area (Å²) in [6.45, 7) is 1.62. The van der Waals surface area contributed by atoms with Gasteiger partial charge in [0.1, 0.15) is 5.82 Å². The van der Waals surface area contributed by atoms with E-state index in [2.05, 4.69) is 4.90 Å². The van der Waals surface area contributed by atoms with Gasteiger partial charge in [0.2, 0.25) is 0 Å². The van der Waals surface area contributed by atoms with Gasteiger partial charge in [-0.05, 0) is 73.0 Å². The summed E-state index contributed by atoms with van der Waals surface area (Å²) < 4.78 is 53.1. The van der Waals surface area contributed by atoms with Gasteiger partial charge in [-0.2, -0.15) is 13.2 Å². The molecule has 8 heteroatoms. The standard InChI is InChI=1S/C26H21ClF4N2O/c27-18-7-10-23-21(15-18)25(16-33(23)24(34)20-3-1-2-4-22(20)28)11-13-32(14-12-25)19-8-5-17(6-9-19)26(29,30)31/h1-10,15H,11-14,16H2. The Morgan fingerprint density at radius 2 is 1.62 bits per heavy atom. The van der Waals surface area contributed by atoms with E-state index in [-0.39, 0.29) is 11.0 Å². The van der Waals surface area contributed by atoms with E-state index < -0.39 is 23.5 Å². The molecule has 3 aromatic carbocycles. The number of hydrogen-bond acceptors (Lipinski definition) is 2. The van der Waals surface area contributed by atoms with Crippen LogP contribution in [0.2, 0.25) is 5.02 Å². The molecule has 0 aliphatic carbocycles. The van der Waals surface area contributed by atoms with Crippen LogP contribution in [-0.4, -0.2) is 25.5 Å². The van der Waals surface area contributed by atoms with Gasteiger partial charge in [-0.3, -0.25) is 4.79 Å². The van der Waals surface area contributed by atoms with Crippen molar-refractivity contribution >= 4 is 28.9 Å². The van der Waals surface area contributed by atoms with E-state index in [1.807, 2.05) is 6.07 Å². The molecule has 3 aromatic rings. The highest BCUT2D eigenvalue weighted by Gasteiger charge is 2.47. The normalized spacial score (nSPS) is 17.2. The minimum absolute atomic E-state index is 0.0163. The number of fused-ring (bicyclic) bond motifs is 2. The van der Waals surface area contributed by atoms with Gasteiger partial charge in [0.05, 0.1) is 11.1 Å². The summed E-state index contributed by atoms with van der Waals surface area (Å²) >= 11 is 6.31. The first-order chi connectivity index (χ1) is 16.2. The second kappa shape index (κ2) is 8.31. The minimum Gasteiger partial charge on any atom is -0.371 e. The van der Waals surface area contributed by atoms with Crippen molar-refractivity contribution in [1.29, 1.82) is 0 Å². The van der Waals surface area contributed by atoms with Crippen LogP contribution in [0.3, 0.4) is 0 Å². The fourth-order valence-electron chi connectivity index (χ4n) is 5.08. The van der Waals surface area contributed by atoms with Gasteiger partial charge in [-0.15, -0.1) is 0 Å². The number of carbonyl (C=O) groups excluding carboxylic acids is 1. The predicted octanol–water partition coefficient (Wildman–Crippen LogP) is 6.70. The maximum atomic E-state index is 14.4. The van der Waals surface area contributed by atoms with Crippen LogP contribution in [0.25, 0.3) is 0 Å². The summed E-state index contributed by atoms with van der Waals surface area (Å²) in [4.78, 5) is 17.0. The molecule has 1 spiro atoms. The zero-order valence-corrected chi connectivity index (χ0v) is 18.8. The number of carbonyl (C=O) groups is 1. The average molecular weight is 489 g/mol. The van der Waals surface area contributed by atoms with Crippen molar-refractivity contribution in [1.82, 2.24) is 0 Å². The van der Waals surface area contributed by atoms with Crippen LogP contribution in [0, 0.1) is 5.82 Å². The monoisotopic (exact) mass is 488 g/mol. The predicted molar refractivity (Wildman–Crippen MR) is 124 cm³/mol. The zero-order chi connectivity index (χ0) is 24.1. The average Bonchev–Trinajstić information content (AvgIpc) is 3.12. The second-order valence-corrected chi connectivity index (χ2v) is 9.28. The van der Waals surface area contributed by atoms with Gasteiger partial charge >= 0.3 is 6.18 Å². The minimum atomic E-state index is -4.37. The number of piperidine rings is 1. The zero-order valence-electron chi connectivity index (χ0n) is 18.1. The maximum absolute atomic E-state index is 14.4. The van der Waals surface area contributed by atoms with Crippen molar-refractivity contribution in [3.8, 4) is 0 Å². The Kier molecular flexibility index (Phi) is 5.55. The molecule has 0 unspecified atom stereocenters. The van der Waals surface area contributed by atoms with E-state index in [0.717, 1.165) is 29.1 Å². The van der Waals surface area contributed by atoms with E-state index >= 15 is 0 Å². The molecule has 5 rings (SSSR count). The molecule has 2 heterocycles. The third kappa shape index (κ3) is 3.92. The lowest BCUT2D eigenvalue weighted by atomic mass is 9.74. The molecule has 2 aliphatic heterocycles. The van der Waals surface area contributed by atoms with E-state index in [1.54, 1.807) is 29.2 Å². The number of nitrogens with zero attached hydrogens (tertiary/aromatic N) is 2. The smallest absolute Gasteiger partial charge is 0.371 e. The molecule has 1 amide bonds. The topological polar surface area (TPSA) is 23.6 Å². The third-order valence-electron chi connectivity index (χ3n) is 6.91. The Labute approximate surface area is 199 Å². The molecular weight excluding hydrogens is 468 g/mol. The molecule has 2 aliphatic rings. The van der Waals surface area contributed by atoms with Crippen LogP contribution in [0.4, 0.5) is 28.9 Å². The highest BCUT2D eigenvalue weighted by molar-refractivity contribution is 6.30. The van der Waals surface area contributed by atoms with Crippen LogP contribution in [0.1, 0.15) is 34.3 Å². The number of rotatable bonds is 2. The summed E-state index contributed by atoms with van der Waals surface area (Å²) in [5, 5.41) is 0.559. The highest BCUT2D eigenvalue weighted by Crippen LogP contribution is 2.49. The van der Waals surface area contributed by atoms with Crippen molar-refractivity contribution in [3.05, 3.63) is 94.3 Å². The lowest BCUT2D eigenvalue weighted by molar-refractivity contribution is -0.137. The first kappa shape index (κ1) is 22.7. The van der Waals surface area contributed by atoms with Gasteiger partial charge in [0.25, 0.3) is 5.91 Å². The molecule has 1 fully saturated rings. The Morgan fingerprint density at radius 3 is 2.26 bits per heavy atom. The summed E-state index contributed by atoms with van der Waals surface area (Å²) in [5.41, 5.74) is 1.39. The van der Waals surface area contributed by atoms with Gasteiger partial charge in [0, 0.05) is 41.4 Å². The SMILES string of the molecule is O=C(c1ccccc1F)N1CC2(CCN(c3ccc(C(F)(F)F)cc3)CC2)c2cc(Cl)ccc21. The van der Waals surface area contributed by atoms with Crippen molar-refractivity contribution in [2.24, 2.45) is 0 Å². The number of alkyl halides is 3. The van der Waals surface area contributed by atoms with Gasteiger partial charge < -0.3 is 9.80 Å². The van der Waals surface area contributed by atoms with Crippen LogP contribution in [0.15, 0.2) is 66.7 Å². The summed E-state index contributed by atoms with van der Waals surface area (Å²) in [6.07, 6.45) is -3.00. The van der Waals surface area contributed by atoms with Crippen molar-refractivity contribution in [2.45, 2.75) is 24.4 Å². The molecule has 0 atom stereocenters. The molecule has 0 saturated carbocycles. The van der Waals surface area contributed by atoms with E-state index in [1.165, 1.54) is 24.3 Å². The fourth-order valence-corrected chi connectivity index (χ4v) is 5.26. The molecular formula is C26H21ClF4N2O. The van der Waals surface area contributed by atoms with Crippen LogP contribution < -0.4 is 9.80 Å². The first-order valence-electron chi connectivity index (χ1n) is 11.0. The van der Waals surface area contributed by atoms with Crippen molar-refractivity contribution in [3.63, 3.8) is 0 Å². The number of halogens is 5. The summed E-state index contributed by atoms with van der Waals surface area (Å²) in [7, 11) is 0. The van der Waals surface area contributed by atoms with E-state index in [9.17, 15) is 22.4 Å². The molecule has 34 heavy (non-hydrogen) atoms. The van der Waals surface area contributed by atoms with Crippen molar-refractivity contribution < 1.29 is 22.4 Å². The maximum Gasteiger partial charge on any atom is 0.416 e. The highest BCUT2D eigenvalue weighted by atomic mass is 35.5. The molecule has 0 radical (unpaired) electrons. The molecule has 176 valence electrons. The Hall–Kier alpha value is -3.06. The lowest BCUT2D eigenvalue weighted by Crippen LogP contribution is -2.46. The molecule has 1 saturated heterocycles. The first-order valence-corrected chi connectivity index (χ1v) is 11.3. The van der Waals surface area contributed by atoms with Crippen LogP contribution in [0.5, 0.6) is 0 Å². The lowest BCUT2D eigenvalue weighted by Gasteiger charge is -2.41. The number of amides is 1. The van der Waals surface area contributed by atoms with Crippen LogP contribution >= 0.6 is 11.6 Å². The summed E-state index contributed by atoms with van der Waals surface area (Å²) in [6, 6.07) is 16.5. The molecule has 3 nitrogen and oxygen atoms in total. The van der Waals surface area contributed by atoms with Gasteiger partial charge in [0.15, 0.2) is 0 Å². The fraction of sp³-hybridized carbons (Fsp3) is 0.269. The quantitative estimate of drug-likeness (QED) is 0.375. The van der Waals surface area contributed by atoms with E-state index in [4.69, 9.17) is 11.6 Å². The van der Waals surface area contributed by atoms with Crippen molar-refractivity contribution in [2.75, 3.05) is 29.4 Å². The molecule has 0 bridgehead atoms. The Morgan fingerprint density at radius 1 is 0.941 bits per heavy atom. The number of benzene rings is 3. The third-order valence-corrected chi connectivity index (χ3v) is 7.15. The second-order valence-electron chi connectivity index (χ2n) is 8.84. The Bertz CT molecular complexity index is 1230. The number of anilines is 2. The van der Waals surface area contributed by atoms with Gasteiger partial charge in [-0.25, -0.2) is 4.39 Å². The molecule has 0 N–H and O–H groups in total. The number of hydrogen-bond donors (Lipinski definition) is 0. The van der Waals surface area contributed by atoms with Crippen LogP contribution in [-0.2, 0) is 11.6 Å². The summed E-state index contributed by atoms with van der Waals surface area (Å²) in [5.74, 6) is -0.968. The Balaban J connectivity index is 1.41.